The Morgan fingerprint density at radius 2 is 1.88 bits per heavy atom. The Bertz CT molecular complexity index is 646. The second-order valence-corrected chi connectivity index (χ2v) is 7.43. The zero-order chi connectivity index (χ0) is 19.2. The van der Waals surface area contributed by atoms with Crippen LogP contribution in [0.25, 0.3) is 0 Å². The van der Waals surface area contributed by atoms with Crippen LogP contribution >= 0.6 is 0 Å². The minimum Gasteiger partial charge on any atom is -0.466 e. The van der Waals surface area contributed by atoms with Crippen LogP contribution in [0, 0.1) is 11.3 Å². The average molecular weight is 369 g/mol. The fourth-order valence-electron chi connectivity index (χ4n) is 4.45. The summed E-state index contributed by atoms with van der Waals surface area (Å²) in [6.45, 7) is 3.88. The highest BCUT2D eigenvalue weighted by atomic mass is 16.5. The molecule has 1 aliphatic carbocycles. The number of carboxylic acid groups (broad SMARTS) is 2. The number of hydrogen-bond donors (Lipinski definition) is 2. The van der Waals surface area contributed by atoms with Crippen LogP contribution in [0.4, 0.5) is 9.59 Å². The molecule has 0 spiro atoms. The molecule has 2 N–H and O–H groups in total. The number of nitrogens with zero attached hydrogens (tertiary/aromatic N) is 3. The van der Waals surface area contributed by atoms with Crippen LogP contribution in [0.2, 0.25) is 0 Å². The first-order valence-electron chi connectivity index (χ1n) is 8.64. The summed E-state index contributed by atoms with van der Waals surface area (Å²) in [4.78, 5) is 48.2. The number of hydrogen-bond acceptors (Lipinski definition) is 6. The van der Waals surface area contributed by atoms with E-state index in [2.05, 4.69) is 0 Å². The fourth-order valence-corrected chi connectivity index (χ4v) is 4.45. The van der Waals surface area contributed by atoms with Gasteiger partial charge in [-0.15, -0.1) is 0 Å². The maximum Gasteiger partial charge on any atom is 0.422 e. The number of carbonyl (C=O) groups is 4. The van der Waals surface area contributed by atoms with Crippen LogP contribution in [-0.2, 0) is 14.3 Å². The van der Waals surface area contributed by atoms with E-state index in [0.29, 0.717) is 26.0 Å². The summed E-state index contributed by atoms with van der Waals surface area (Å²) in [5.41, 5.74) is -0.583. The Labute approximate surface area is 150 Å². The van der Waals surface area contributed by atoms with Crippen LogP contribution in [0.15, 0.2) is 0 Å². The van der Waals surface area contributed by atoms with Crippen LogP contribution in [0.1, 0.15) is 26.7 Å². The maximum atomic E-state index is 12.3. The van der Waals surface area contributed by atoms with Gasteiger partial charge in [0.25, 0.3) is 0 Å². The molecule has 3 rings (SSSR count). The lowest BCUT2D eigenvalue weighted by atomic mass is 9.63. The molecule has 2 saturated heterocycles. The van der Waals surface area contributed by atoms with Gasteiger partial charge in [-0.05, 0) is 32.6 Å². The van der Waals surface area contributed by atoms with Crippen LogP contribution < -0.4 is 0 Å². The lowest BCUT2D eigenvalue weighted by Crippen LogP contribution is -2.53. The predicted octanol–water partition coefficient (Wildman–Crippen LogP) is 0.476. The number of hydrazine groups is 1. The summed E-state index contributed by atoms with van der Waals surface area (Å²) in [6.07, 6.45) is -1.35. The van der Waals surface area contributed by atoms with Crippen molar-refractivity contribution in [3.05, 3.63) is 0 Å². The Morgan fingerprint density at radius 1 is 1.23 bits per heavy atom. The third-order valence-electron chi connectivity index (χ3n) is 5.57. The van der Waals surface area contributed by atoms with Gasteiger partial charge in [-0.3, -0.25) is 14.5 Å². The third-order valence-corrected chi connectivity index (χ3v) is 5.57. The lowest BCUT2D eigenvalue weighted by Gasteiger charge is -2.45. The summed E-state index contributed by atoms with van der Waals surface area (Å²) in [5.74, 6) is -0.523. The molecule has 10 heteroatoms. The minimum absolute atomic E-state index is 0.0386. The van der Waals surface area contributed by atoms with Crippen molar-refractivity contribution in [2.45, 2.75) is 38.8 Å². The van der Waals surface area contributed by atoms with E-state index in [1.165, 1.54) is 5.01 Å². The van der Waals surface area contributed by atoms with E-state index >= 15 is 0 Å². The zero-order valence-corrected chi connectivity index (χ0v) is 14.8. The van der Waals surface area contributed by atoms with Crippen molar-refractivity contribution < 1.29 is 34.1 Å². The smallest absolute Gasteiger partial charge is 0.422 e. The van der Waals surface area contributed by atoms with Gasteiger partial charge in [-0.25, -0.2) is 19.6 Å². The summed E-state index contributed by atoms with van der Waals surface area (Å²) < 4.78 is 5.07. The topological polar surface area (TPSA) is 128 Å². The molecule has 144 valence electrons. The molecule has 2 atom stereocenters. The van der Waals surface area contributed by atoms with Crippen molar-refractivity contribution in [2.75, 3.05) is 26.2 Å². The van der Waals surface area contributed by atoms with Gasteiger partial charge in [0, 0.05) is 6.54 Å². The SMILES string of the molecule is CCOC(=O)C1(C)CC(CN2C3C(=O)CN(C(=O)O)C3CN2C(=O)O)C1. The lowest BCUT2D eigenvalue weighted by molar-refractivity contribution is -0.165. The largest absolute Gasteiger partial charge is 0.466 e. The highest BCUT2D eigenvalue weighted by molar-refractivity contribution is 5.93. The second-order valence-electron chi connectivity index (χ2n) is 7.43. The molecular weight excluding hydrogens is 346 g/mol. The Morgan fingerprint density at radius 3 is 2.42 bits per heavy atom. The average Bonchev–Trinajstić information content (AvgIpc) is 3.04. The van der Waals surface area contributed by atoms with Gasteiger partial charge in [0.1, 0.15) is 6.04 Å². The molecule has 0 aromatic carbocycles. The Hall–Kier alpha value is -2.36. The number of fused-ring (bicyclic) bond motifs is 1. The molecule has 0 aromatic rings. The van der Waals surface area contributed by atoms with Crippen LogP contribution in [0.5, 0.6) is 0 Å². The number of Topliss-reactive ketones (excluding diaryl/α,β-unsaturated/α-hetero) is 1. The first kappa shape index (κ1) is 18.4. The normalized spacial score (nSPS) is 33.8. The summed E-state index contributed by atoms with van der Waals surface area (Å²) in [6, 6.07) is -1.47. The van der Waals surface area contributed by atoms with E-state index in [0.717, 1.165) is 9.91 Å². The third kappa shape index (κ3) is 2.87. The molecule has 2 amide bonds. The molecule has 2 aliphatic heterocycles. The molecule has 0 aromatic heterocycles. The number of likely N-dealkylation sites (tertiary alicyclic amines) is 1. The molecule has 3 fully saturated rings. The number of rotatable bonds is 4. The molecule has 2 unspecified atom stereocenters. The Balaban J connectivity index is 1.70. The number of amides is 2. The summed E-state index contributed by atoms with van der Waals surface area (Å²) in [5, 5.41) is 21.2. The molecule has 26 heavy (non-hydrogen) atoms. The minimum atomic E-state index is -1.23. The molecule has 1 saturated carbocycles. The van der Waals surface area contributed by atoms with Crippen molar-refractivity contribution in [1.82, 2.24) is 14.9 Å². The van der Waals surface area contributed by atoms with Gasteiger partial charge in [-0.1, -0.05) is 0 Å². The van der Waals surface area contributed by atoms with E-state index in [9.17, 15) is 29.4 Å². The number of ketones is 1. The molecule has 2 heterocycles. The number of esters is 1. The number of ether oxygens (including phenoxy) is 1. The quantitative estimate of drug-likeness (QED) is 0.685. The van der Waals surface area contributed by atoms with Crippen LogP contribution in [0.3, 0.4) is 0 Å². The van der Waals surface area contributed by atoms with Crippen LogP contribution in [-0.4, -0.2) is 87.4 Å². The van der Waals surface area contributed by atoms with Crippen molar-refractivity contribution in [2.24, 2.45) is 11.3 Å². The van der Waals surface area contributed by atoms with Gasteiger partial charge in [0.05, 0.1) is 31.2 Å². The predicted molar refractivity (Wildman–Crippen MR) is 86.2 cm³/mol. The van der Waals surface area contributed by atoms with Gasteiger partial charge in [0.15, 0.2) is 5.78 Å². The van der Waals surface area contributed by atoms with E-state index in [-0.39, 0.29) is 30.8 Å². The standard InChI is InChI=1S/C16H23N3O7/c1-3-26-13(21)16(2)4-9(5-16)6-18-12-10(7-19(18)15(24)25)17(14(22)23)8-11(12)20/h9-10,12H,3-8H2,1-2H3,(H,22,23)(H,24,25). The Kier molecular flexibility index (Phi) is 4.55. The van der Waals surface area contributed by atoms with Crippen molar-refractivity contribution in [3.63, 3.8) is 0 Å². The summed E-state index contributed by atoms with van der Waals surface area (Å²) in [7, 11) is 0. The first-order chi connectivity index (χ1) is 12.2. The van der Waals surface area contributed by atoms with Crippen molar-refractivity contribution in [1.29, 1.82) is 0 Å². The van der Waals surface area contributed by atoms with Crippen molar-refractivity contribution >= 4 is 23.9 Å². The fraction of sp³-hybridized carbons (Fsp3) is 0.750. The molecule has 0 bridgehead atoms. The maximum absolute atomic E-state index is 12.3. The summed E-state index contributed by atoms with van der Waals surface area (Å²) >= 11 is 0. The monoisotopic (exact) mass is 369 g/mol. The zero-order valence-electron chi connectivity index (χ0n) is 14.8. The van der Waals surface area contributed by atoms with E-state index in [4.69, 9.17) is 4.74 Å². The molecule has 10 nitrogen and oxygen atoms in total. The van der Waals surface area contributed by atoms with E-state index < -0.39 is 29.7 Å². The van der Waals surface area contributed by atoms with Gasteiger partial charge < -0.3 is 14.9 Å². The second kappa shape index (κ2) is 6.42. The molecule has 3 aliphatic rings. The molecular formula is C16H23N3O7. The highest BCUT2D eigenvalue weighted by Gasteiger charge is 2.57. The first-order valence-corrected chi connectivity index (χ1v) is 8.64. The van der Waals surface area contributed by atoms with Crippen molar-refractivity contribution in [3.8, 4) is 0 Å². The van der Waals surface area contributed by atoms with Gasteiger partial charge in [-0.2, -0.15) is 0 Å². The van der Waals surface area contributed by atoms with Gasteiger partial charge in [0.2, 0.25) is 0 Å². The molecule has 0 radical (unpaired) electrons. The van der Waals surface area contributed by atoms with E-state index in [1.54, 1.807) is 6.92 Å². The highest BCUT2D eigenvalue weighted by Crippen LogP contribution is 2.47. The van der Waals surface area contributed by atoms with E-state index in [1.807, 2.05) is 6.92 Å². The number of carbonyl (C=O) groups excluding carboxylic acids is 2. The van der Waals surface area contributed by atoms with Gasteiger partial charge >= 0.3 is 18.2 Å².